The molecule has 31 heavy (non-hydrogen) atoms. The zero-order chi connectivity index (χ0) is 22.2. The number of nitrogens with zero attached hydrogens (tertiary/aromatic N) is 1. The molecular formula is C24H29NO6. The summed E-state index contributed by atoms with van der Waals surface area (Å²) in [5.41, 5.74) is -1.07. The predicted octanol–water partition coefficient (Wildman–Crippen LogP) is 2.07. The van der Waals surface area contributed by atoms with Crippen molar-refractivity contribution in [1.82, 2.24) is 4.90 Å². The number of piperidine rings is 1. The van der Waals surface area contributed by atoms with Crippen LogP contribution in [0, 0.1) is 5.92 Å². The van der Waals surface area contributed by atoms with Gasteiger partial charge in [-0.05, 0) is 56.0 Å². The number of ether oxygens (including phenoxy) is 2. The molecule has 1 saturated heterocycles. The molecule has 0 saturated carbocycles. The maximum absolute atomic E-state index is 13.1. The minimum absolute atomic E-state index is 0.00208. The summed E-state index contributed by atoms with van der Waals surface area (Å²) in [6, 6.07) is 13.0. The summed E-state index contributed by atoms with van der Waals surface area (Å²) < 4.78 is 10.5. The summed E-state index contributed by atoms with van der Waals surface area (Å²) in [5.74, 6) is -2.83. The summed E-state index contributed by atoms with van der Waals surface area (Å²) in [6.45, 7) is 2.50. The van der Waals surface area contributed by atoms with Gasteiger partial charge < -0.3 is 24.8 Å². The summed E-state index contributed by atoms with van der Waals surface area (Å²) in [5, 5.41) is 33.0. The average Bonchev–Trinajstić information content (AvgIpc) is 2.92. The number of hydrogen-bond acceptors (Lipinski definition) is 7. The number of hydrogen-bond donors (Lipinski definition) is 3. The SMILES string of the molecule is COc1cc2c(cc1OC)C(O)(O)C(O)(CC1CCN(Cc3ccccc3)CC1)C2=O. The van der Waals surface area contributed by atoms with E-state index in [1.54, 1.807) is 0 Å². The maximum atomic E-state index is 13.1. The fraction of sp³-hybridized carbons (Fsp3) is 0.458. The molecule has 2 aliphatic rings. The molecule has 1 unspecified atom stereocenters. The van der Waals surface area contributed by atoms with Crippen molar-refractivity contribution in [3.8, 4) is 11.5 Å². The number of carbonyl (C=O) groups is 1. The predicted molar refractivity (Wildman–Crippen MR) is 114 cm³/mol. The molecule has 4 rings (SSSR count). The van der Waals surface area contributed by atoms with Gasteiger partial charge in [-0.2, -0.15) is 0 Å². The third-order valence-corrected chi connectivity index (χ3v) is 6.64. The third kappa shape index (κ3) is 3.72. The van der Waals surface area contributed by atoms with Crippen LogP contribution in [0.25, 0.3) is 0 Å². The number of fused-ring (bicyclic) bond motifs is 1. The van der Waals surface area contributed by atoms with Crippen LogP contribution in [0.15, 0.2) is 42.5 Å². The van der Waals surface area contributed by atoms with E-state index < -0.39 is 17.2 Å². The van der Waals surface area contributed by atoms with E-state index in [1.807, 2.05) is 18.2 Å². The van der Waals surface area contributed by atoms with E-state index in [4.69, 9.17) is 9.47 Å². The Kier molecular flexibility index (Phi) is 5.79. The van der Waals surface area contributed by atoms with Gasteiger partial charge in [0.05, 0.1) is 14.2 Å². The van der Waals surface area contributed by atoms with Crippen LogP contribution in [0.1, 0.15) is 40.7 Å². The lowest BCUT2D eigenvalue weighted by atomic mass is 9.79. The van der Waals surface area contributed by atoms with E-state index in [2.05, 4.69) is 17.0 Å². The van der Waals surface area contributed by atoms with E-state index in [-0.39, 0.29) is 29.2 Å². The zero-order valence-corrected chi connectivity index (χ0v) is 17.9. The first-order valence-corrected chi connectivity index (χ1v) is 10.5. The largest absolute Gasteiger partial charge is 0.493 e. The number of methoxy groups -OCH3 is 2. The molecule has 2 aromatic rings. The summed E-state index contributed by atoms with van der Waals surface area (Å²) in [4.78, 5) is 15.4. The highest BCUT2D eigenvalue weighted by molar-refractivity contribution is 6.08. The number of rotatable bonds is 6. The van der Waals surface area contributed by atoms with Crippen molar-refractivity contribution in [2.45, 2.75) is 37.2 Å². The molecule has 0 amide bonds. The molecule has 7 heteroatoms. The Morgan fingerprint density at radius 1 is 1.00 bits per heavy atom. The first-order valence-electron chi connectivity index (χ1n) is 10.5. The van der Waals surface area contributed by atoms with E-state index in [0.717, 1.165) is 32.5 Å². The van der Waals surface area contributed by atoms with Gasteiger partial charge >= 0.3 is 0 Å². The van der Waals surface area contributed by atoms with Crippen molar-refractivity contribution >= 4 is 5.78 Å². The highest BCUT2D eigenvalue weighted by Crippen LogP contribution is 2.49. The van der Waals surface area contributed by atoms with Gasteiger partial charge in [-0.15, -0.1) is 0 Å². The van der Waals surface area contributed by atoms with Crippen molar-refractivity contribution in [2.24, 2.45) is 5.92 Å². The van der Waals surface area contributed by atoms with Crippen molar-refractivity contribution in [3.63, 3.8) is 0 Å². The number of Topliss-reactive ketones (excluding diaryl/α,β-unsaturated/α-hetero) is 1. The Hall–Kier alpha value is -2.45. The second-order valence-electron chi connectivity index (χ2n) is 8.52. The van der Waals surface area contributed by atoms with Crippen molar-refractivity contribution in [3.05, 3.63) is 59.2 Å². The molecular weight excluding hydrogens is 398 g/mol. The second kappa shape index (κ2) is 8.24. The normalized spacial score (nSPS) is 23.6. The average molecular weight is 427 g/mol. The highest BCUT2D eigenvalue weighted by Gasteiger charge is 2.63. The molecule has 0 radical (unpaired) electrons. The summed E-state index contributed by atoms with van der Waals surface area (Å²) in [6.07, 6.45) is 1.51. The van der Waals surface area contributed by atoms with E-state index in [0.29, 0.717) is 5.75 Å². The minimum Gasteiger partial charge on any atom is -0.493 e. The minimum atomic E-state index is -2.69. The molecule has 1 atom stereocenters. The topological polar surface area (TPSA) is 99.5 Å². The molecule has 166 valence electrons. The van der Waals surface area contributed by atoms with E-state index in [1.165, 1.54) is 31.9 Å². The van der Waals surface area contributed by atoms with Crippen LogP contribution >= 0.6 is 0 Å². The second-order valence-corrected chi connectivity index (χ2v) is 8.52. The Balaban J connectivity index is 1.49. The molecule has 0 aromatic heterocycles. The van der Waals surface area contributed by atoms with Gasteiger partial charge in [-0.1, -0.05) is 30.3 Å². The molecule has 0 spiro atoms. The fourth-order valence-corrected chi connectivity index (χ4v) is 4.80. The lowest BCUT2D eigenvalue weighted by molar-refractivity contribution is -0.263. The van der Waals surface area contributed by atoms with Gasteiger partial charge in [-0.3, -0.25) is 9.69 Å². The summed E-state index contributed by atoms with van der Waals surface area (Å²) in [7, 11) is 2.86. The zero-order valence-electron chi connectivity index (χ0n) is 17.9. The Morgan fingerprint density at radius 3 is 2.23 bits per heavy atom. The Bertz CT molecular complexity index is 952. The van der Waals surface area contributed by atoms with Crippen LogP contribution in [0.3, 0.4) is 0 Å². The van der Waals surface area contributed by atoms with Gasteiger partial charge in [0.1, 0.15) is 0 Å². The molecule has 3 N–H and O–H groups in total. The highest BCUT2D eigenvalue weighted by atomic mass is 16.5. The van der Waals surface area contributed by atoms with Gasteiger partial charge in [0.15, 0.2) is 17.1 Å². The van der Waals surface area contributed by atoms with Crippen LogP contribution < -0.4 is 9.47 Å². The Labute approximate surface area is 181 Å². The van der Waals surface area contributed by atoms with Crippen molar-refractivity contribution in [1.29, 1.82) is 0 Å². The molecule has 1 heterocycles. The number of benzene rings is 2. The molecule has 1 fully saturated rings. The first kappa shape index (κ1) is 21.8. The van der Waals surface area contributed by atoms with Gasteiger partial charge in [0.2, 0.25) is 11.6 Å². The van der Waals surface area contributed by atoms with Gasteiger partial charge in [0, 0.05) is 17.7 Å². The van der Waals surface area contributed by atoms with Gasteiger partial charge in [-0.25, -0.2) is 0 Å². The Morgan fingerprint density at radius 2 is 1.61 bits per heavy atom. The van der Waals surface area contributed by atoms with Crippen LogP contribution in [-0.2, 0) is 12.3 Å². The number of aliphatic hydroxyl groups is 3. The van der Waals surface area contributed by atoms with Crippen molar-refractivity contribution in [2.75, 3.05) is 27.3 Å². The van der Waals surface area contributed by atoms with E-state index >= 15 is 0 Å². The lowest BCUT2D eigenvalue weighted by Gasteiger charge is -2.38. The number of likely N-dealkylation sites (tertiary alicyclic amines) is 1. The fourth-order valence-electron chi connectivity index (χ4n) is 4.80. The van der Waals surface area contributed by atoms with Crippen molar-refractivity contribution < 1.29 is 29.6 Å². The third-order valence-electron chi connectivity index (χ3n) is 6.64. The van der Waals surface area contributed by atoms with Crippen LogP contribution in [0.4, 0.5) is 0 Å². The molecule has 0 bridgehead atoms. The maximum Gasteiger partial charge on any atom is 0.228 e. The molecule has 1 aliphatic heterocycles. The quantitative estimate of drug-likeness (QED) is 0.607. The first-order chi connectivity index (χ1) is 14.8. The van der Waals surface area contributed by atoms with Crippen LogP contribution in [0.5, 0.6) is 11.5 Å². The summed E-state index contributed by atoms with van der Waals surface area (Å²) >= 11 is 0. The van der Waals surface area contributed by atoms with Crippen LogP contribution in [-0.4, -0.2) is 58.9 Å². The number of ketones is 1. The standard InChI is InChI=1S/C24H29NO6/c1-30-20-12-18-19(13-21(20)31-2)24(28,29)23(27,22(18)26)14-16-8-10-25(11-9-16)15-17-6-4-3-5-7-17/h3-7,12-13,16,27-29H,8-11,14-15H2,1-2H3. The van der Waals surface area contributed by atoms with Crippen LogP contribution in [0.2, 0.25) is 0 Å². The molecule has 2 aromatic carbocycles. The molecule has 7 nitrogen and oxygen atoms in total. The lowest BCUT2D eigenvalue weighted by Crippen LogP contribution is -2.54. The molecule has 1 aliphatic carbocycles. The smallest absolute Gasteiger partial charge is 0.228 e. The van der Waals surface area contributed by atoms with Gasteiger partial charge in [0.25, 0.3) is 0 Å². The number of carbonyl (C=O) groups excluding carboxylic acids is 1. The van der Waals surface area contributed by atoms with E-state index in [9.17, 15) is 20.1 Å². The monoisotopic (exact) mass is 427 g/mol.